The van der Waals surface area contributed by atoms with Crippen LogP contribution in [0.25, 0.3) is 0 Å². The number of isocyanates is 2. The second-order valence-corrected chi connectivity index (χ2v) is 0.447. The van der Waals surface area contributed by atoms with Crippen LogP contribution in [-0.2, 0) is 14.5 Å². The van der Waals surface area contributed by atoms with Gasteiger partial charge in [-0.15, -0.1) is 13.2 Å². The SMILES string of the molecule is C=C.O=C=NON=C=O. The zero-order chi connectivity index (χ0) is 7.54. The Morgan fingerprint density at radius 2 is 1.44 bits per heavy atom. The highest BCUT2D eigenvalue weighted by atomic mass is 16.8. The molecule has 0 amide bonds. The molecule has 0 aromatic rings. The van der Waals surface area contributed by atoms with Gasteiger partial charge in [-0.3, -0.25) is 0 Å². The molecule has 5 heteroatoms. The van der Waals surface area contributed by atoms with Crippen LogP contribution in [0.4, 0.5) is 0 Å². The summed E-state index contributed by atoms with van der Waals surface area (Å²) in [6.45, 7) is 6.00. The summed E-state index contributed by atoms with van der Waals surface area (Å²) in [5, 5.41) is 4.85. The van der Waals surface area contributed by atoms with Crippen molar-refractivity contribution < 1.29 is 14.5 Å². The molecule has 0 aromatic heterocycles. The third-order valence-corrected chi connectivity index (χ3v) is 0.156. The van der Waals surface area contributed by atoms with Crippen molar-refractivity contribution in [1.29, 1.82) is 0 Å². The average molecular weight is 128 g/mol. The minimum atomic E-state index is 0.983. The van der Waals surface area contributed by atoms with Gasteiger partial charge in [-0.25, -0.2) is 14.5 Å². The van der Waals surface area contributed by atoms with E-state index in [0.29, 0.717) is 0 Å². The van der Waals surface area contributed by atoms with Crippen LogP contribution < -0.4 is 0 Å². The maximum absolute atomic E-state index is 9.07. The molecule has 0 fully saturated rings. The van der Waals surface area contributed by atoms with Crippen LogP contribution in [-0.4, -0.2) is 12.2 Å². The van der Waals surface area contributed by atoms with Crippen molar-refractivity contribution in [3.8, 4) is 0 Å². The molecule has 0 saturated heterocycles. The molecular weight excluding hydrogens is 124 g/mol. The molecule has 0 unspecified atom stereocenters. The summed E-state index contributed by atoms with van der Waals surface area (Å²) in [5.41, 5.74) is 0. The number of nitrogens with zero attached hydrogens (tertiary/aromatic N) is 2. The molecule has 9 heavy (non-hydrogen) atoms. The van der Waals surface area contributed by atoms with Gasteiger partial charge >= 0.3 is 0 Å². The van der Waals surface area contributed by atoms with Gasteiger partial charge in [-0.2, -0.15) is 0 Å². The van der Waals surface area contributed by atoms with Crippen molar-refractivity contribution in [2.75, 3.05) is 0 Å². The molecule has 0 N–H and O–H groups in total. The van der Waals surface area contributed by atoms with Crippen LogP contribution in [0.1, 0.15) is 0 Å². The topological polar surface area (TPSA) is 68.1 Å². The van der Waals surface area contributed by atoms with Crippen molar-refractivity contribution >= 4 is 12.2 Å². The Hall–Kier alpha value is -1.70. The largest absolute Gasteiger partial charge is 0.279 e. The first kappa shape index (κ1) is 10.3. The molecule has 0 saturated carbocycles. The lowest BCUT2D eigenvalue weighted by atomic mass is 11.3. The van der Waals surface area contributed by atoms with E-state index in [1.807, 2.05) is 0 Å². The lowest BCUT2D eigenvalue weighted by Crippen LogP contribution is -1.61. The highest BCUT2D eigenvalue weighted by Gasteiger charge is 1.61. The predicted octanol–water partition coefficient (Wildman–Crippen LogP) is 0.307. The Morgan fingerprint density at radius 1 is 1.11 bits per heavy atom. The summed E-state index contributed by atoms with van der Waals surface area (Å²) in [6.07, 6.45) is 1.97. The van der Waals surface area contributed by atoms with E-state index < -0.39 is 0 Å². The molecule has 0 spiro atoms. The van der Waals surface area contributed by atoms with Crippen LogP contribution in [0.2, 0.25) is 0 Å². The summed E-state index contributed by atoms with van der Waals surface area (Å²) in [7, 11) is 0. The van der Waals surface area contributed by atoms with Gasteiger partial charge in [0, 0.05) is 10.3 Å². The van der Waals surface area contributed by atoms with Gasteiger partial charge in [0.25, 0.3) is 12.2 Å². The normalized spacial score (nSPS) is 4.44. The maximum atomic E-state index is 9.07. The van der Waals surface area contributed by atoms with Gasteiger partial charge in [0.15, 0.2) is 0 Å². The molecule has 48 valence electrons. The molecule has 0 radical (unpaired) electrons. The number of hydrogen-bond donors (Lipinski definition) is 0. The monoisotopic (exact) mass is 128 g/mol. The highest BCUT2D eigenvalue weighted by Crippen LogP contribution is 1.65. The molecule has 0 aliphatic rings. The molecule has 0 aliphatic carbocycles. The smallest absolute Gasteiger partial charge is 0.221 e. The Balaban J connectivity index is 0. The first-order chi connectivity index (χ1) is 4.41. The van der Waals surface area contributed by atoms with Crippen molar-refractivity contribution in [3.05, 3.63) is 13.2 Å². The standard InChI is InChI=1S/C2N2O3.C2H4/c5-1-3-7-4-2-6;1-2/h;1-2H2. The van der Waals surface area contributed by atoms with Crippen molar-refractivity contribution in [2.24, 2.45) is 10.3 Å². The summed E-state index contributed by atoms with van der Waals surface area (Å²) in [4.78, 5) is 21.7. The lowest BCUT2D eigenvalue weighted by molar-refractivity contribution is 0.154. The maximum Gasteiger partial charge on any atom is 0.279 e. The van der Waals surface area contributed by atoms with E-state index in [1.165, 1.54) is 0 Å². The Labute approximate surface area is 51.3 Å². The number of hydrogen-bond acceptors (Lipinski definition) is 5. The number of rotatable bonds is 2. The minimum Gasteiger partial charge on any atom is -0.221 e. The number of carbonyl (C=O) groups excluding carboxylic acids is 2. The molecular formula is C4H4N2O3. The van der Waals surface area contributed by atoms with Crippen LogP contribution >= 0.6 is 0 Å². The average Bonchev–Trinajstić information content (AvgIpc) is 1.94. The third-order valence-electron chi connectivity index (χ3n) is 0.156. The highest BCUT2D eigenvalue weighted by molar-refractivity contribution is 5.32. The van der Waals surface area contributed by atoms with Gasteiger partial charge in [-0.1, -0.05) is 0 Å². The van der Waals surface area contributed by atoms with E-state index in [9.17, 15) is 0 Å². The van der Waals surface area contributed by atoms with Crippen molar-refractivity contribution in [3.63, 3.8) is 0 Å². The first-order valence-electron chi connectivity index (χ1n) is 1.72. The van der Waals surface area contributed by atoms with Crippen LogP contribution in [0.5, 0.6) is 0 Å². The van der Waals surface area contributed by atoms with E-state index >= 15 is 0 Å². The zero-order valence-corrected chi connectivity index (χ0v) is 4.53. The van der Waals surface area contributed by atoms with Crippen LogP contribution in [0.3, 0.4) is 0 Å². The van der Waals surface area contributed by atoms with Gasteiger partial charge in [0.2, 0.25) is 0 Å². The summed E-state index contributed by atoms with van der Waals surface area (Å²) in [5.74, 6) is 0. The summed E-state index contributed by atoms with van der Waals surface area (Å²) < 4.78 is 0. The Kier molecular flexibility index (Phi) is 18.6. The molecule has 5 nitrogen and oxygen atoms in total. The first-order valence-corrected chi connectivity index (χ1v) is 1.72. The van der Waals surface area contributed by atoms with Gasteiger partial charge in [0.1, 0.15) is 0 Å². The quantitative estimate of drug-likeness (QED) is 0.232. The second-order valence-electron chi connectivity index (χ2n) is 0.447. The predicted molar refractivity (Wildman–Crippen MR) is 28.6 cm³/mol. The molecule has 0 aromatic carbocycles. The fourth-order valence-corrected chi connectivity index (χ4v) is 0.0537. The molecule has 0 aliphatic heterocycles. The van der Waals surface area contributed by atoms with Gasteiger partial charge in [0.05, 0.1) is 0 Å². The Bertz CT molecular complexity index is 128. The summed E-state index contributed by atoms with van der Waals surface area (Å²) >= 11 is 0. The van der Waals surface area contributed by atoms with Crippen LogP contribution in [0.15, 0.2) is 23.5 Å². The molecule has 0 rings (SSSR count). The second kappa shape index (κ2) is 16.3. The van der Waals surface area contributed by atoms with E-state index in [2.05, 4.69) is 28.4 Å². The Morgan fingerprint density at radius 3 is 1.67 bits per heavy atom. The minimum absolute atomic E-state index is 0.983. The molecule has 0 heterocycles. The van der Waals surface area contributed by atoms with E-state index in [-0.39, 0.29) is 0 Å². The van der Waals surface area contributed by atoms with Crippen LogP contribution in [0, 0.1) is 0 Å². The fraction of sp³-hybridized carbons (Fsp3) is 0. The van der Waals surface area contributed by atoms with Gasteiger partial charge < -0.3 is 0 Å². The van der Waals surface area contributed by atoms with Crippen molar-refractivity contribution in [1.82, 2.24) is 0 Å². The lowest BCUT2D eigenvalue weighted by Gasteiger charge is -1.66. The molecule has 0 atom stereocenters. The third kappa shape index (κ3) is 22.0. The van der Waals surface area contributed by atoms with Gasteiger partial charge in [-0.05, 0) is 0 Å². The van der Waals surface area contributed by atoms with E-state index in [1.54, 1.807) is 0 Å². The zero-order valence-electron chi connectivity index (χ0n) is 4.53. The van der Waals surface area contributed by atoms with E-state index in [0.717, 1.165) is 12.2 Å². The summed E-state index contributed by atoms with van der Waals surface area (Å²) in [6, 6.07) is 0. The fourth-order valence-electron chi connectivity index (χ4n) is 0.0537. The van der Waals surface area contributed by atoms with Crippen molar-refractivity contribution in [2.45, 2.75) is 0 Å². The van der Waals surface area contributed by atoms with E-state index in [4.69, 9.17) is 9.59 Å². The molecule has 0 bridgehead atoms.